The van der Waals surface area contributed by atoms with Crippen LogP contribution in [0.1, 0.15) is 46.5 Å². The lowest BCUT2D eigenvalue weighted by Crippen LogP contribution is -2.41. The molecule has 2 atom stereocenters. The molecule has 1 rings (SSSR count). The van der Waals surface area contributed by atoms with E-state index in [1.165, 1.54) is 0 Å². The number of rotatable bonds is 2. The maximum Gasteiger partial charge on any atom is 0.407 e. The number of alkyl halides is 3. The van der Waals surface area contributed by atoms with Gasteiger partial charge in [0.05, 0.1) is 5.92 Å². The van der Waals surface area contributed by atoms with E-state index in [0.717, 1.165) is 6.42 Å². The van der Waals surface area contributed by atoms with E-state index in [2.05, 4.69) is 5.32 Å². The normalized spacial score (nSPS) is 24.9. The number of hydrogen-bond acceptors (Lipinski definition) is 2. The highest BCUT2D eigenvalue weighted by atomic mass is 19.4. The van der Waals surface area contributed by atoms with Gasteiger partial charge in [-0.15, -0.1) is 0 Å². The molecule has 0 bridgehead atoms. The highest BCUT2D eigenvalue weighted by molar-refractivity contribution is 5.67. The zero-order valence-electron chi connectivity index (χ0n) is 11.6. The second kappa shape index (κ2) is 6.01. The Balaban J connectivity index is 2.48. The molecule has 1 amide bonds. The van der Waals surface area contributed by atoms with Gasteiger partial charge in [-0.05, 0) is 39.5 Å². The van der Waals surface area contributed by atoms with E-state index in [1.54, 1.807) is 20.8 Å². The first-order valence-corrected chi connectivity index (χ1v) is 6.63. The monoisotopic (exact) mass is 281 g/mol. The number of ether oxygens (including phenoxy) is 1. The Hall–Kier alpha value is -0.940. The molecule has 0 radical (unpaired) electrons. The molecule has 1 fully saturated rings. The van der Waals surface area contributed by atoms with Crippen LogP contribution in [-0.2, 0) is 4.74 Å². The van der Waals surface area contributed by atoms with Crippen molar-refractivity contribution in [3.05, 3.63) is 0 Å². The number of carbonyl (C=O) groups excluding carboxylic acids is 1. The van der Waals surface area contributed by atoms with Crippen LogP contribution < -0.4 is 5.32 Å². The largest absolute Gasteiger partial charge is 0.444 e. The van der Waals surface area contributed by atoms with E-state index in [9.17, 15) is 18.0 Å². The molecule has 2 unspecified atom stereocenters. The van der Waals surface area contributed by atoms with Gasteiger partial charge in [0.25, 0.3) is 0 Å². The van der Waals surface area contributed by atoms with Crippen molar-refractivity contribution in [3.63, 3.8) is 0 Å². The number of halogens is 3. The lowest BCUT2D eigenvalue weighted by Gasteiger charge is -2.33. The molecule has 0 spiro atoms. The Morgan fingerprint density at radius 3 is 2.32 bits per heavy atom. The Bertz CT molecular complexity index is 310. The molecule has 112 valence electrons. The van der Waals surface area contributed by atoms with Crippen LogP contribution in [-0.4, -0.2) is 24.4 Å². The van der Waals surface area contributed by atoms with Gasteiger partial charge in [0, 0.05) is 6.54 Å². The van der Waals surface area contributed by atoms with Gasteiger partial charge in [-0.2, -0.15) is 13.2 Å². The number of hydrogen-bond donors (Lipinski definition) is 1. The zero-order chi connectivity index (χ0) is 14.7. The minimum Gasteiger partial charge on any atom is -0.444 e. The van der Waals surface area contributed by atoms with Gasteiger partial charge >= 0.3 is 12.3 Å². The highest BCUT2D eigenvalue weighted by Gasteiger charge is 2.45. The molecule has 0 aromatic carbocycles. The van der Waals surface area contributed by atoms with E-state index in [-0.39, 0.29) is 13.0 Å². The summed E-state index contributed by atoms with van der Waals surface area (Å²) in [4.78, 5) is 11.4. The predicted octanol–water partition coefficient (Wildman–Crippen LogP) is 3.88. The lowest BCUT2D eigenvalue weighted by atomic mass is 9.79. The maximum atomic E-state index is 12.8. The van der Waals surface area contributed by atoms with Gasteiger partial charge < -0.3 is 10.1 Å². The van der Waals surface area contributed by atoms with Crippen molar-refractivity contribution < 1.29 is 22.7 Å². The summed E-state index contributed by atoms with van der Waals surface area (Å²) in [5.41, 5.74) is -0.639. The van der Waals surface area contributed by atoms with Crippen molar-refractivity contribution in [2.45, 2.75) is 58.2 Å². The fourth-order valence-electron chi connectivity index (χ4n) is 2.41. The van der Waals surface area contributed by atoms with Crippen LogP contribution in [0.2, 0.25) is 0 Å². The second-order valence-corrected chi connectivity index (χ2v) is 6.08. The summed E-state index contributed by atoms with van der Waals surface area (Å²) in [5.74, 6) is -1.85. The first-order valence-electron chi connectivity index (χ1n) is 6.63. The molecule has 0 aromatic rings. The first kappa shape index (κ1) is 16.1. The molecule has 1 aliphatic rings. The Labute approximate surface area is 111 Å². The molecule has 0 saturated heterocycles. The average Bonchev–Trinajstić information content (AvgIpc) is 2.23. The van der Waals surface area contributed by atoms with Gasteiger partial charge in [0.1, 0.15) is 5.60 Å². The second-order valence-electron chi connectivity index (χ2n) is 6.08. The molecule has 19 heavy (non-hydrogen) atoms. The summed E-state index contributed by atoms with van der Waals surface area (Å²) in [6, 6.07) is 0. The number of nitrogens with one attached hydrogen (secondary N) is 1. The van der Waals surface area contributed by atoms with Gasteiger partial charge in [-0.3, -0.25) is 0 Å². The first-order chi connectivity index (χ1) is 8.59. The summed E-state index contributed by atoms with van der Waals surface area (Å²) in [6.45, 7) is 5.17. The molecule has 3 nitrogen and oxygen atoms in total. The van der Waals surface area contributed by atoms with Gasteiger partial charge in [-0.1, -0.05) is 12.8 Å². The number of amides is 1. The highest BCUT2D eigenvalue weighted by Crippen LogP contribution is 2.41. The average molecular weight is 281 g/mol. The van der Waals surface area contributed by atoms with E-state index < -0.39 is 29.7 Å². The number of carbonyl (C=O) groups is 1. The van der Waals surface area contributed by atoms with E-state index >= 15 is 0 Å². The Morgan fingerprint density at radius 2 is 1.79 bits per heavy atom. The van der Waals surface area contributed by atoms with Crippen LogP contribution in [0, 0.1) is 11.8 Å². The van der Waals surface area contributed by atoms with Gasteiger partial charge in [0.2, 0.25) is 0 Å². The third-order valence-corrected chi connectivity index (χ3v) is 3.24. The van der Waals surface area contributed by atoms with Crippen molar-refractivity contribution in [2.75, 3.05) is 6.54 Å². The van der Waals surface area contributed by atoms with Gasteiger partial charge in [-0.25, -0.2) is 4.79 Å². The predicted molar refractivity (Wildman–Crippen MR) is 65.7 cm³/mol. The van der Waals surface area contributed by atoms with E-state index in [0.29, 0.717) is 12.8 Å². The molecular weight excluding hydrogens is 259 g/mol. The molecule has 6 heteroatoms. The molecule has 0 aromatic heterocycles. The molecule has 1 aliphatic carbocycles. The van der Waals surface area contributed by atoms with Gasteiger partial charge in [0.15, 0.2) is 0 Å². The molecular formula is C13H22F3NO2. The van der Waals surface area contributed by atoms with Crippen LogP contribution in [0.15, 0.2) is 0 Å². The van der Waals surface area contributed by atoms with Crippen molar-refractivity contribution in [2.24, 2.45) is 11.8 Å². The third kappa shape index (κ3) is 5.70. The molecule has 0 aliphatic heterocycles. The lowest BCUT2D eigenvalue weighted by molar-refractivity contribution is -0.195. The Morgan fingerprint density at radius 1 is 1.21 bits per heavy atom. The quantitative estimate of drug-likeness (QED) is 0.834. The van der Waals surface area contributed by atoms with Crippen LogP contribution in [0.25, 0.3) is 0 Å². The van der Waals surface area contributed by atoms with E-state index in [1.807, 2.05) is 0 Å². The summed E-state index contributed by atoms with van der Waals surface area (Å²) >= 11 is 0. The van der Waals surface area contributed by atoms with Crippen LogP contribution in [0.3, 0.4) is 0 Å². The Kier molecular flexibility index (Phi) is 5.10. The molecule has 0 heterocycles. The minimum absolute atomic E-state index is 0.0269. The summed E-state index contributed by atoms with van der Waals surface area (Å²) < 4.78 is 43.5. The SMILES string of the molecule is CC(C)(C)OC(=O)NCC1CCCCC1C(F)(F)F. The van der Waals surface area contributed by atoms with Crippen molar-refractivity contribution in [3.8, 4) is 0 Å². The van der Waals surface area contributed by atoms with Crippen LogP contribution in [0.4, 0.5) is 18.0 Å². The topological polar surface area (TPSA) is 38.3 Å². The summed E-state index contributed by atoms with van der Waals surface area (Å²) in [5, 5.41) is 2.45. The third-order valence-electron chi connectivity index (χ3n) is 3.24. The fourth-order valence-corrected chi connectivity index (χ4v) is 2.41. The maximum absolute atomic E-state index is 12.8. The fraction of sp³-hybridized carbons (Fsp3) is 0.923. The standard InChI is InChI=1S/C13H22F3NO2/c1-12(2,3)19-11(18)17-8-9-6-4-5-7-10(9)13(14,15)16/h9-10H,4-8H2,1-3H3,(H,17,18). The number of alkyl carbamates (subject to hydrolysis) is 1. The molecule has 1 saturated carbocycles. The van der Waals surface area contributed by atoms with Crippen LogP contribution in [0.5, 0.6) is 0 Å². The summed E-state index contributed by atoms with van der Waals surface area (Å²) in [6.07, 6.45) is -2.79. The van der Waals surface area contributed by atoms with Crippen molar-refractivity contribution in [1.29, 1.82) is 0 Å². The van der Waals surface area contributed by atoms with E-state index in [4.69, 9.17) is 4.74 Å². The summed E-state index contributed by atoms with van der Waals surface area (Å²) in [7, 11) is 0. The van der Waals surface area contributed by atoms with Crippen molar-refractivity contribution >= 4 is 6.09 Å². The molecule has 1 N–H and O–H groups in total. The zero-order valence-corrected chi connectivity index (χ0v) is 11.6. The minimum atomic E-state index is -4.18. The van der Waals surface area contributed by atoms with Crippen molar-refractivity contribution in [1.82, 2.24) is 5.32 Å². The smallest absolute Gasteiger partial charge is 0.407 e. The van der Waals surface area contributed by atoms with Crippen LogP contribution >= 0.6 is 0 Å².